The second kappa shape index (κ2) is 8.73. The largest absolute Gasteiger partial charge is 0.447 e. The number of ether oxygens (including phenoxy) is 1. The van der Waals surface area contributed by atoms with Crippen LogP contribution < -0.4 is 9.64 Å². The molecule has 1 amide bonds. The summed E-state index contributed by atoms with van der Waals surface area (Å²) in [6.45, 7) is 4.24. The number of anilines is 1. The van der Waals surface area contributed by atoms with Crippen LogP contribution >= 0.6 is 0 Å². The van der Waals surface area contributed by atoms with E-state index in [4.69, 9.17) is 14.2 Å². The van der Waals surface area contributed by atoms with Gasteiger partial charge in [0.1, 0.15) is 5.67 Å². The number of nitrogens with zero attached hydrogens (tertiary/aromatic N) is 4. The minimum atomic E-state index is -1.12. The molecule has 41 heavy (non-hydrogen) atoms. The van der Waals surface area contributed by atoms with E-state index < -0.39 is 11.1 Å². The van der Waals surface area contributed by atoms with Crippen molar-refractivity contribution in [2.24, 2.45) is 10.8 Å². The Morgan fingerprint density at radius 2 is 1.83 bits per heavy atom. The Bertz CT molecular complexity index is 1480. The topological polar surface area (TPSA) is 81.4 Å². The standard InChI is InChI=1S/C33H35FN4O3/c1-2-40-26-9-8-24(17-35-26)23-4-3-5-25(16-23)38(29(39)32-18-33(34,19-32)20-32)21-30-10-13-31(14-11-30,15-12-30)28-36-27(37-41-28)22-6-7-22/h2-5,8-9,16-17,22H,1,6-7,10-15,18-21H2. The third-order valence-corrected chi connectivity index (χ3v) is 10.8. The molecule has 8 heteroatoms. The average Bonchev–Trinajstić information content (AvgIpc) is 3.70. The van der Waals surface area contributed by atoms with Gasteiger partial charge in [-0.3, -0.25) is 4.79 Å². The van der Waals surface area contributed by atoms with Gasteiger partial charge in [0.2, 0.25) is 17.7 Å². The Kier molecular flexibility index (Phi) is 5.36. The van der Waals surface area contributed by atoms with Gasteiger partial charge < -0.3 is 14.2 Å². The van der Waals surface area contributed by atoms with Gasteiger partial charge >= 0.3 is 0 Å². The van der Waals surface area contributed by atoms with Crippen molar-refractivity contribution < 1.29 is 18.4 Å². The molecular formula is C33H35FN4O3. The molecule has 0 unspecified atom stereocenters. The second-order valence-electron chi connectivity index (χ2n) is 13.6. The number of halogens is 1. The number of carbonyl (C=O) groups excluding carboxylic acids is 1. The first-order chi connectivity index (χ1) is 19.8. The Morgan fingerprint density at radius 3 is 2.46 bits per heavy atom. The number of carbonyl (C=O) groups is 1. The number of benzene rings is 1. The molecule has 0 aliphatic heterocycles. The van der Waals surface area contributed by atoms with Crippen LogP contribution in [0.2, 0.25) is 0 Å². The lowest BCUT2D eigenvalue weighted by Gasteiger charge is -2.65. The predicted molar refractivity (Wildman–Crippen MR) is 151 cm³/mol. The van der Waals surface area contributed by atoms with Gasteiger partial charge in [0.05, 0.1) is 11.7 Å². The molecule has 7 fully saturated rings. The molecule has 0 atom stereocenters. The highest BCUT2D eigenvalue weighted by atomic mass is 19.1. The first kappa shape index (κ1) is 25.2. The number of aromatic nitrogens is 3. The zero-order valence-electron chi connectivity index (χ0n) is 23.3. The van der Waals surface area contributed by atoms with Crippen molar-refractivity contribution in [3.63, 3.8) is 0 Å². The number of pyridine rings is 1. The summed E-state index contributed by atoms with van der Waals surface area (Å²) in [6.07, 6.45) is 12.6. The zero-order chi connectivity index (χ0) is 27.9. The van der Waals surface area contributed by atoms with E-state index in [1.54, 1.807) is 12.3 Å². The third-order valence-electron chi connectivity index (χ3n) is 10.8. The molecule has 212 valence electrons. The number of rotatable bonds is 9. The van der Waals surface area contributed by atoms with Crippen LogP contribution in [-0.2, 0) is 10.2 Å². The number of amides is 1. The molecule has 2 heterocycles. The highest BCUT2D eigenvalue weighted by Crippen LogP contribution is 2.70. The van der Waals surface area contributed by atoms with E-state index in [0.717, 1.165) is 79.9 Å². The molecule has 0 radical (unpaired) electrons. The third kappa shape index (κ3) is 4.04. The lowest BCUT2D eigenvalue weighted by Crippen LogP contribution is -2.71. The smallest absolute Gasteiger partial charge is 0.233 e. The van der Waals surface area contributed by atoms with Crippen molar-refractivity contribution in [1.82, 2.24) is 15.1 Å². The predicted octanol–water partition coefficient (Wildman–Crippen LogP) is 7.05. The molecule has 2 aromatic heterocycles. The summed E-state index contributed by atoms with van der Waals surface area (Å²) < 4.78 is 25.7. The highest BCUT2D eigenvalue weighted by Gasteiger charge is 2.73. The Balaban J connectivity index is 1.06. The van der Waals surface area contributed by atoms with E-state index in [-0.39, 0.29) is 16.7 Å². The maximum Gasteiger partial charge on any atom is 0.233 e. The fourth-order valence-electron chi connectivity index (χ4n) is 8.13. The molecule has 1 aromatic carbocycles. The van der Waals surface area contributed by atoms with Gasteiger partial charge in [-0.25, -0.2) is 9.37 Å². The molecule has 0 saturated heterocycles. The van der Waals surface area contributed by atoms with E-state index >= 15 is 0 Å². The summed E-state index contributed by atoms with van der Waals surface area (Å²) in [7, 11) is 0. The van der Waals surface area contributed by atoms with Crippen LogP contribution in [0.25, 0.3) is 11.1 Å². The van der Waals surface area contributed by atoms with Crippen LogP contribution in [0.4, 0.5) is 10.1 Å². The normalized spacial score (nSPS) is 33.0. The van der Waals surface area contributed by atoms with Gasteiger partial charge in [-0.2, -0.15) is 4.98 Å². The van der Waals surface area contributed by atoms with Crippen LogP contribution in [0.5, 0.6) is 5.88 Å². The van der Waals surface area contributed by atoms with E-state index in [1.165, 1.54) is 6.26 Å². The van der Waals surface area contributed by atoms with Crippen molar-refractivity contribution in [3.8, 4) is 17.0 Å². The fourth-order valence-corrected chi connectivity index (χ4v) is 8.13. The van der Waals surface area contributed by atoms with Gasteiger partial charge in [0.25, 0.3) is 0 Å². The van der Waals surface area contributed by atoms with Crippen LogP contribution in [0.15, 0.2) is 60.0 Å². The van der Waals surface area contributed by atoms with Crippen molar-refractivity contribution in [2.45, 2.75) is 87.6 Å². The summed E-state index contributed by atoms with van der Waals surface area (Å²) in [6, 6.07) is 11.9. The van der Waals surface area contributed by atoms with Crippen LogP contribution in [-0.4, -0.2) is 33.2 Å². The molecule has 7 nitrogen and oxygen atoms in total. The monoisotopic (exact) mass is 554 g/mol. The fraction of sp³-hybridized carbons (Fsp3) is 0.515. The molecule has 7 aliphatic rings. The molecule has 0 N–H and O–H groups in total. The summed E-state index contributed by atoms with van der Waals surface area (Å²) in [4.78, 5) is 25.4. The minimum Gasteiger partial charge on any atom is -0.447 e. The molecule has 0 spiro atoms. The van der Waals surface area contributed by atoms with E-state index in [9.17, 15) is 9.18 Å². The van der Waals surface area contributed by atoms with E-state index in [2.05, 4.69) is 22.8 Å². The first-order valence-corrected chi connectivity index (χ1v) is 15.0. The number of hydrogen-bond donors (Lipinski definition) is 0. The minimum absolute atomic E-state index is 0.0282. The number of alkyl halides is 1. The lowest BCUT2D eigenvalue weighted by atomic mass is 9.41. The molecule has 10 rings (SSSR count). The van der Waals surface area contributed by atoms with E-state index in [1.807, 2.05) is 29.2 Å². The average molecular weight is 555 g/mol. The SMILES string of the molecule is C=COc1ccc(-c2cccc(N(CC34CCC(c5nc(C6CC6)no5)(CC3)CC4)C(=O)C34CC(F)(C3)C4)c2)cn1. The van der Waals surface area contributed by atoms with Crippen molar-refractivity contribution >= 4 is 11.6 Å². The molecular weight excluding hydrogens is 519 g/mol. The maximum absolute atomic E-state index is 14.6. The van der Waals surface area contributed by atoms with Gasteiger partial charge in [0, 0.05) is 41.4 Å². The Hall–Kier alpha value is -3.55. The molecule has 7 saturated carbocycles. The van der Waals surface area contributed by atoms with Gasteiger partial charge in [0.15, 0.2) is 5.82 Å². The van der Waals surface area contributed by atoms with Crippen molar-refractivity contribution in [3.05, 3.63) is 67.2 Å². The van der Waals surface area contributed by atoms with Crippen molar-refractivity contribution in [1.29, 1.82) is 0 Å². The summed E-state index contributed by atoms with van der Waals surface area (Å²) in [5.74, 6) is 2.77. The summed E-state index contributed by atoms with van der Waals surface area (Å²) in [5, 5.41) is 4.31. The van der Waals surface area contributed by atoms with Gasteiger partial charge in [-0.1, -0.05) is 23.9 Å². The molecule has 7 aliphatic carbocycles. The quantitative estimate of drug-likeness (QED) is 0.264. The van der Waals surface area contributed by atoms with Gasteiger partial charge in [-0.15, -0.1) is 0 Å². The summed E-state index contributed by atoms with van der Waals surface area (Å²) in [5.41, 5.74) is 1.13. The lowest BCUT2D eigenvalue weighted by molar-refractivity contribution is -0.211. The van der Waals surface area contributed by atoms with Gasteiger partial charge in [-0.05, 0) is 99.8 Å². The molecule has 4 bridgehead atoms. The maximum atomic E-state index is 14.6. The van der Waals surface area contributed by atoms with Crippen LogP contribution in [0, 0.1) is 10.8 Å². The van der Waals surface area contributed by atoms with Crippen LogP contribution in [0.1, 0.15) is 88.3 Å². The molecule has 3 aromatic rings. The van der Waals surface area contributed by atoms with E-state index in [0.29, 0.717) is 37.6 Å². The highest BCUT2D eigenvalue weighted by molar-refractivity contribution is 6.00. The Labute approximate surface area is 239 Å². The summed E-state index contributed by atoms with van der Waals surface area (Å²) >= 11 is 0. The Morgan fingerprint density at radius 1 is 1.07 bits per heavy atom. The zero-order valence-corrected chi connectivity index (χ0v) is 23.3. The number of hydrogen-bond acceptors (Lipinski definition) is 6. The number of fused-ring (bicyclic) bond motifs is 3. The van der Waals surface area contributed by atoms with Crippen molar-refractivity contribution in [2.75, 3.05) is 11.4 Å². The second-order valence-corrected chi connectivity index (χ2v) is 13.6. The first-order valence-electron chi connectivity index (χ1n) is 15.0. The van der Waals surface area contributed by atoms with Crippen LogP contribution in [0.3, 0.4) is 0 Å².